The predicted octanol–water partition coefficient (Wildman–Crippen LogP) is 2.33. The fourth-order valence-corrected chi connectivity index (χ4v) is 1.41. The lowest BCUT2D eigenvalue weighted by Crippen LogP contribution is -2.14. The van der Waals surface area contributed by atoms with Crippen LogP contribution in [-0.4, -0.2) is 16.5 Å². The van der Waals surface area contributed by atoms with Gasteiger partial charge in [0.25, 0.3) is 0 Å². The van der Waals surface area contributed by atoms with Gasteiger partial charge in [-0.2, -0.15) is 0 Å². The highest BCUT2D eigenvalue weighted by atomic mass is 14.9. The SMILES string of the molecule is CC(C)CCCCNCc1cnc[nH]1. The van der Waals surface area contributed by atoms with Crippen molar-refractivity contribution < 1.29 is 0 Å². The molecule has 2 N–H and O–H groups in total. The van der Waals surface area contributed by atoms with Crippen molar-refractivity contribution in [2.24, 2.45) is 5.92 Å². The number of H-pyrrole nitrogens is 1. The van der Waals surface area contributed by atoms with Gasteiger partial charge >= 0.3 is 0 Å². The zero-order valence-electron chi connectivity index (χ0n) is 9.21. The highest BCUT2D eigenvalue weighted by Gasteiger charge is 1.95. The second-order valence-corrected chi connectivity index (χ2v) is 4.14. The van der Waals surface area contributed by atoms with Crippen molar-refractivity contribution in [3.63, 3.8) is 0 Å². The zero-order chi connectivity index (χ0) is 10.2. The van der Waals surface area contributed by atoms with E-state index in [2.05, 4.69) is 29.1 Å². The average Bonchev–Trinajstić information content (AvgIpc) is 2.63. The van der Waals surface area contributed by atoms with E-state index in [9.17, 15) is 0 Å². The number of unbranched alkanes of at least 4 members (excludes halogenated alkanes) is 1. The average molecular weight is 195 g/mol. The Hall–Kier alpha value is -0.830. The van der Waals surface area contributed by atoms with Gasteiger partial charge in [-0.05, 0) is 18.9 Å². The second-order valence-electron chi connectivity index (χ2n) is 4.14. The number of aromatic nitrogens is 2. The van der Waals surface area contributed by atoms with Crippen molar-refractivity contribution in [1.82, 2.24) is 15.3 Å². The van der Waals surface area contributed by atoms with Crippen LogP contribution in [0, 0.1) is 5.92 Å². The van der Waals surface area contributed by atoms with Gasteiger partial charge in [0.05, 0.1) is 6.33 Å². The molecule has 0 fully saturated rings. The molecule has 80 valence electrons. The lowest BCUT2D eigenvalue weighted by atomic mass is 10.1. The molecule has 1 heterocycles. The van der Waals surface area contributed by atoms with Crippen LogP contribution in [-0.2, 0) is 6.54 Å². The summed E-state index contributed by atoms with van der Waals surface area (Å²) in [4.78, 5) is 7.04. The fourth-order valence-electron chi connectivity index (χ4n) is 1.41. The van der Waals surface area contributed by atoms with Crippen LogP contribution in [0.3, 0.4) is 0 Å². The smallest absolute Gasteiger partial charge is 0.0922 e. The number of aromatic amines is 1. The summed E-state index contributed by atoms with van der Waals surface area (Å²) < 4.78 is 0. The first-order valence-electron chi connectivity index (χ1n) is 5.47. The molecule has 0 spiro atoms. The summed E-state index contributed by atoms with van der Waals surface area (Å²) in [5, 5.41) is 3.39. The Morgan fingerprint density at radius 2 is 2.29 bits per heavy atom. The van der Waals surface area contributed by atoms with Crippen LogP contribution < -0.4 is 5.32 Å². The Bertz CT molecular complexity index is 216. The molecule has 0 aliphatic carbocycles. The van der Waals surface area contributed by atoms with Crippen LogP contribution in [0.1, 0.15) is 38.8 Å². The zero-order valence-corrected chi connectivity index (χ0v) is 9.21. The molecule has 0 amide bonds. The van der Waals surface area contributed by atoms with Gasteiger partial charge in [-0.3, -0.25) is 0 Å². The lowest BCUT2D eigenvalue weighted by Gasteiger charge is -2.05. The Labute approximate surface area is 86.3 Å². The van der Waals surface area contributed by atoms with E-state index in [0.717, 1.165) is 24.7 Å². The maximum Gasteiger partial charge on any atom is 0.0922 e. The maximum atomic E-state index is 3.96. The van der Waals surface area contributed by atoms with Gasteiger partial charge in [0.2, 0.25) is 0 Å². The first kappa shape index (κ1) is 11.2. The van der Waals surface area contributed by atoms with E-state index in [1.807, 2.05) is 6.20 Å². The van der Waals surface area contributed by atoms with Crippen molar-refractivity contribution in [3.05, 3.63) is 18.2 Å². The van der Waals surface area contributed by atoms with Crippen LogP contribution in [0.4, 0.5) is 0 Å². The van der Waals surface area contributed by atoms with E-state index < -0.39 is 0 Å². The first-order chi connectivity index (χ1) is 6.79. The third kappa shape index (κ3) is 5.02. The Morgan fingerprint density at radius 3 is 2.93 bits per heavy atom. The quantitative estimate of drug-likeness (QED) is 0.656. The summed E-state index contributed by atoms with van der Waals surface area (Å²) in [5.74, 6) is 0.836. The van der Waals surface area contributed by atoms with E-state index in [1.54, 1.807) is 6.33 Å². The molecule has 0 atom stereocenters. The molecule has 1 rings (SSSR count). The fraction of sp³-hybridized carbons (Fsp3) is 0.727. The van der Waals surface area contributed by atoms with E-state index in [0.29, 0.717) is 0 Å². The van der Waals surface area contributed by atoms with Crippen LogP contribution in [0.5, 0.6) is 0 Å². The van der Waals surface area contributed by atoms with Gasteiger partial charge in [0.15, 0.2) is 0 Å². The van der Waals surface area contributed by atoms with Crippen molar-refractivity contribution in [3.8, 4) is 0 Å². The molecule has 14 heavy (non-hydrogen) atoms. The number of hydrogen-bond acceptors (Lipinski definition) is 2. The van der Waals surface area contributed by atoms with E-state index in [4.69, 9.17) is 0 Å². The van der Waals surface area contributed by atoms with Crippen molar-refractivity contribution in [1.29, 1.82) is 0 Å². The number of imidazole rings is 1. The first-order valence-corrected chi connectivity index (χ1v) is 5.47. The summed E-state index contributed by atoms with van der Waals surface area (Å²) >= 11 is 0. The normalized spacial score (nSPS) is 11.1. The van der Waals surface area contributed by atoms with Crippen LogP contribution in [0.2, 0.25) is 0 Å². The van der Waals surface area contributed by atoms with Crippen LogP contribution in [0.15, 0.2) is 12.5 Å². The topological polar surface area (TPSA) is 40.7 Å². The maximum absolute atomic E-state index is 3.96. The molecule has 3 heteroatoms. The van der Waals surface area contributed by atoms with Crippen molar-refractivity contribution in [2.75, 3.05) is 6.54 Å². The Balaban J connectivity index is 1.90. The van der Waals surface area contributed by atoms with Gasteiger partial charge < -0.3 is 10.3 Å². The molecule has 0 radical (unpaired) electrons. The van der Waals surface area contributed by atoms with Crippen LogP contribution in [0.25, 0.3) is 0 Å². The number of hydrogen-bond donors (Lipinski definition) is 2. The molecule has 0 aromatic carbocycles. The molecular formula is C11H21N3. The van der Waals surface area contributed by atoms with Crippen molar-refractivity contribution >= 4 is 0 Å². The van der Waals surface area contributed by atoms with Gasteiger partial charge in [0, 0.05) is 18.4 Å². The minimum Gasteiger partial charge on any atom is -0.347 e. The standard InChI is InChI=1S/C11H21N3/c1-10(2)5-3-4-6-12-7-11-8-13-9-14-11/h8-10,12H,3-7H2,1-2H3,(H,13,14). The largest absolute Gasteiger partial charge is 0.347 e. The minimum atomic E-state index is 0.836. The second kappa shape index (κ2) is 6.60. The molecule has 3 nitrogen and oxygen atoms in total. The third-order valence-electron chi connectivity index (χ3n) is 2.26. The third-order valence-corrected chi connectivity index (χ3v) is 2.26. The van der Waals surface area contributed by atoms with Crippen molar-refractivity contribution in [2.45, 2.75) is 39.7 Å². The molecule has 1 aromatic rings. The predicted molar refractivity (Wildman–Crippen MR) is 59.0 cm³/mol. The molecule has 0 aliphatic rings. The number of rotatable bonds is 7. The van der Waals surface area contributed by atoms with E-state index in [-0.39, 0.29) is 0 Å². The van der Waals surface area contributed by atoms with Gasteiger partial charge in [0.1, 0.15) is 0 Å². The molecule has 0 bridgehead atoms. The minimum absolute atomic E-state index is 0.836. The van der Waals surface area contributed by atoms with E-state index >= 15 is 0 Å². The Kier molecular flexibility index (Phi) is 5.30. The highest BCUT2D eigenvalue weighted by molar-refractivity contribution is 4.92. The summed E-state index contributed by atoms with van der Waals surface area (Å²) in [7, 11) is 0. The summed E-state index contributed by atoms with van der Waals surface area (Å²) in [5.41, 5.74) is 1.16. The van der Waals surface area contributed by atoms with Gasteiger partial charge in [-0.25, -0.2) is 4.98 Å². The number of nitrogens with zero attached hydrogens (tertiary/aromatic N) is 1. The van der Waals surface area contributed by atoms with Gasteiger partial charge in [-0.15, -0.1) is 0 Å². The molecule has 1 aromatic heterocycles. The molecule has 0 unspecified atom stereocenters. The summed E-state index contributed by atoms with van der Waals surface area (Å²) in [6.07, 6.45) is 7.52. The molecule has 0 saturated heterocycles. The number of nitrogens with one attached hydrogen (secondary N) is 2. The van der Waals surface area contributed by atoms with Crippen LogP contribution >= 0.6 is 0 Å². The Morgan fingerprint density at radius 1 is 1.43 bits per heavy atom. The molecule has 0 aliphatic heterocycles. The molecule has 0 saturated carbocycles. The summed E-state index contributed by atoms with van der Waals surface area (Å²) in [6.45, 7) is 6.56. The molecular weight excluding hydrogens is 174 g/mol. The lowest BCUT2D eigenvalue weighted by molar-refractivity contribution is 0.519. The van der Waals surface area contributed by atoms with E-state index in [1.165, 1.54) is 19.3 Å². The summed E-state index contributed by atoms with van der Waals surface area (Å²) in [6, 6.07) is 0. The van der Waals surface area contributed by atoms with Gasteiger partial charge in [-0.1, -0.05) is 26.7 Å². The highest BCUT2D eigenvalue weighted by Crippen LogP contribution is 2.05. The monoisotopic (exact) mass is 195 g/mol.